The van der Waals surface area contributed by atoms with Crippen molar-refractivity contribution >= 4 is 11.8 Å². The van der Waals surface area contributed by atoms with Crippen molar-refractivity contribution in [3.8, 4) is 17.1 Å². The fourth-order valence-electron chi connectivity index (χ4n) is 3.89. The van der Waals surface area contributed by atoms with Crippen LogP contribution in [-0.4, -0.2) is 47.6 Å². The Morgan fingerprint density at radius 2 is 1.97 bits per heavy atom. The number of ether oxygens (including phenoxy) is 1. The third-order valence-electron chi connectivity index (χ3n) is 5.24. The lowest BCUT2D eigenvalue weighted by Crippen LogP contribution is -2.62. The van der Waals surface area contributed by atoms with Gasteiger partial charge in [-0.05, 0) is 36.8 Å². The zero-order chi connectivity index (χ0) is 21.8. The molecule has 2 amide bonds. The maximum Gasteiger partial charge on any atom is 0.276 e. The summed E-state index contributed by atoms with van der Waals surface area (Å²) in [6, 6.07) is 8.45. The first-order valence-corrected chi connectivity index (χ1v) is 10.5. The molecule has 2 heterocycles. The Labute approximate surface area is 177 Å². The number of benzene rings is 1. The second-order valence-corrected chi connectivity index (χ2v) is 8.75. The minimum atomic E-state index is -0.502. The lowest BCUT2D eigenvalue weighted by atomic mass is 9.94. The average Bonchev–Trinajstić information content (AvgIpc) is 3.19. The molecule has 7 nitrogen and oxygen atoms in total. The summed E-state index contributed by atoms with van der Waals surface area (Å²) in [6.45, 7) is 8.79. The highest BCUT2D eigenvalue weighted by atomic mass is 16.5. The quantitative estimate of drug-likeness (QED) is 0.747. The molecule has 2 atom stereocenters. The first-order chi connectivity index (χ1) is 14.3. The smallest absolute Gasteiger partial charge is 0.276 e. The van der Waals surface area contributed by atoms with Gasteiger partial charge in [-0.1, -0.05) is 45.0 Å². The molecule has 0 bridgehead atoms. The van der Waals surface area contributed by atoms with Gasteiger partial charge in [-0.15, -0.1) is 0 Å². The number of hydrogen-bond donors (Lipinski definition) is 1. The predicted molar refractivity (Wildman–Crippen MR) is 114 cm³/mol. The number of piperazine rings is 1. The van der Waals surface area contributed by atoms with Crippen LogP contribution in [0.3, 0.4) is 0 Å². The van der Waals surface area contributed by atoms with Crippen molar-refractivity contribution in [2.45, 2.75) is 52.6 Å². The van der Waals surface area contributed by atoms with E-state index in [0.29, 0.717) is 30.4 Å². The van der Waals surface area contributed by atoms with Crippen LogP contribution in [0, 0.1) is 11.8 Å². The van der Waals surface area contributed by atoms with Crippen molar-refractivity contribution in [2.75, 3.05) is 13.7 Å². The Kier molecular flexibility index (Phi) is 6.80. The van der Waals surface area contributed by atoms with Crippen LogP contribution in [0.1, 0.15) is 51.0 Å². The Morgan fingerprint density at radius 1 is 1.23 bits per heavy atom. The van der Waals surface area contributed by atoms with E-state index in [1.54, 1.807) is 18.1 Å². The van der Waals surface area contributed by atoms with Gasteiger partial charge in [-0.3, -0.25) is 9.59 Å². The second kappa shape index (κ2) is 9.32. The van der Waals surface area contributed by atoms with Crippen LogP contribution in [-0.2, 0) is 4.79 Å². The number of carbonyl (C=O) groups excluding carboxylic acids is 2. The summed E-state index contributed by atoms with van der Waals surface area (Å²) >= 11 is 0. The number of rotatable bonds is 7. The van der Waals surface area contributed by atoms with Gasteiger partial charge in [0.25, 0.3) is 5.91 Å². The van der Waals surface area contributed by atoms with Gasteiger partial charge in [-0.2, -0.15) is 0 Å². The number of carbonyl (C=O) groups is 2. The minimum absolute atomic E-state index is 0.0605. The first kappa shape index (κ1) is 21.9. The van der Waals surface area contributed by atoms with Gasteiger partial charge in [0.1, 0.15) is 11.8 Å². The third kappa shape index (κ3) is 5.01. The molecule has 1 aromatic heterocycles. The van der Waals surface area contributed by atoms with Crippen molar-refractivity contribution in [1.29, 1.82) is 0 Å². The van der Waals surface area contributed by atoms with E-state index in [1.165, 1.54) is 0 Å². The number of aromatic nitrogens is 1. The zero-order valence-electron chi connectivity index (χ0n) is 18.3. The van der Waals surface area contributed by atoms with E-state index < -0.39 is 6.04 Å². The molecule has 30 heavy (non-hydrogen) atoms. The van der Waals surface area contributed by atoms with E-state index in [4.69, 9.17) is 9.26 Å². The van der Waals surface area contributed by atoms with Gasteiger partial charge in [-0.25, -0.2) is 0 Å². The highest BCUT2D eigenvalue weighted by molar-refractivity contribution is 5.97. The maximum absolute atomic E-state index is 13.3. The molecule has 1 aromatic carbocycles. The highest BCUT2D eigenvalue weighted by Gasteiger charge is 2.39. The zero-order valence-corrected chi connectivity index (χ0v) is 18.3. The molecule has 1 aliphatic heterocycles. The van der Waals surface area contributed by atoms with Crippen LogP contribution in [0.15, 0.2) is 34.9 Å². The monoisotopic (exact) mass is 413 g/mol. The van der Waals surface area contributed by atoms with E-state index in [-0.39, 0.29) is 29.5 Å². The van der Waals surface area contributed by atoms with Crippen LogP contribution in [0.2, 0.25) is 0 Å². The van der Waals surface area contributed by atoms with Crippen LogP contribution in [0.4, 0.5) is 0 Å². The summed E-state index contributed by atoms with van der Waals surface area (Å²) in [4.78, 5) is 27.8. The minimum Gasteiger partial charge on any atom is -0.497 e. The fourth-order valence-corrected chi connectivity index (χ4v) is 3.89. The molecule has 2 aromatic rings. The van der Waals surface area contributed by atoms with E-state index in [1.807, 2.05) is 38.1 Å². The average molecular weight is 414 g/mol. The molecule has 0 radical (unpaired) electrons. The Morgan fingerprint density at radius 3 is 2.63 bits per heavy atom. The number of methoxy groups -OCH3 is 1. The molecule has 1 aliphatic rings. The number of nitrogens with one attached hydrogen (secondary N) is 1. The largest absolute Gasteiger partial charge is 0.497 e. The molecule has 1 saturated heterocycles. The van der Waals surface area contributed by atoms with Crippen molar-refractivity contribution in [3.05, 3.63) is 36.0 Å². The van der Waals surface area contributed by atoms with E-state index >= 15 is 0 Å². The molecule has 162 valence electrons. The SMILES string of the molecule is COc1cccc(-c2cc(C(=O)N3CC(CC(C)C)NC(=O)C3CC(C)C)no2)c1. The van der Waals surface area contributed by atoms with Gasteiger partial charge >= 0.3 is 0 Å². The molecule has 0 saturated carbocycles. The number of hydrogen-bond acceptors (Lipinski definition) is 5. The predicted octanol–water partition coefficient (Wildman–Crippen LogP) is 3.75. The van der Waals surface area contributed by atoms with Crippen molar-refractivity contribution in [2.24, 2.45) is 11.8 Å². The Balaban J connectivity index is 1.86. The lowest BCUT2D eigenvalue weighted by Gasteiger charge is -2.40. The third-order valence-corrected chi connectivity index (χ3v) is 5.24. The fraction of sp³-hybridized carbons (Fsp3) is 0.522. The molecule has 0 spiro atoms. The van der Waals surface area contributed by atoms with E-state index in [0.717, 1.165) is 12.0 Å². The van der Waals surface area contributed by atoms with Gasteiger partial charge < -0.3 is 19.5 Å². The number of nitrogens with zero attached hydrogens (tertiary/aromatic N) is 2. The van der Waals surface area contributed by atoms with Crippen LogP contribution in [0.25, 0.3) is 11.3 Å². The Hall–Kier alpha value is -2.83. The molecule has 0 aliphatic carbocycles. The summed E-state index contributed by atoms with van der Waals surface area (Å²) in [7, 11) is 1.60. The van der Waals surface area contributed by atoms with Gasteiger partial charge in [0, 0.05) is 24.2 Å². The van der Waals surface area contributed by atoms with Crippen LogP contribution in [0.5, 0.6) is 5.75 Å². The summed E-state index contributed by atoms with van der Waals surface area (Å²) in [5.74, 6) is 1.51. The van der Waals surface area contributed by atoms with Gasteiger partial charge in [0.05, 0.1) is 7.11 Å². The van der Waals surface area contributed by atoms with Crippen molar-refractivity contribution in [1.82, 2.24) is 15.4 Å². The molecule has 3 rings (SSSR count). The van der Waals surface area contributed by atoms with Gasteiger partial charge in [0.2, 0.25) is 5.91 Å². The molecule has 2 unspecified atom stereocenters. The van der Waals surface area contributed by atoms with Crippen LogP contribution >= 0.6 is 0 Å². The Bertz CT molecular complexity index is 890. The molecular formula is C23H31N3O4. The summed E-state index contributed by atoms with van der Waals surface area (Å²) < 4.78 is 10.7. The molecule has 7 heteroatoms. The van der Waals surface area contributed by atoms with Crippen molar-refractivity contribution < 1.29 is 18.8 Å². The maximum atomic E-state index is 13.3. The van der Waals surface area contributed by atoms with E-state index in [9.17, 15) is 9.59 Å². The summed E-state index contributed by atoms with van der Waals surface area (Å²) in [5.41, 5.74) is 0.980. The standard InChI is InChI=1S/C23H31N3O4/c1-14(2)9-17-13-26(20(10-15(3)4)22(27)24-17)23(28)19-12-21(30-25-19)16-7-6-8-18(11-16)29-5/h6-8,11-12,14-15,17,20H,9-10,13H2,1-5H3,(H,24,27). The second-order valence-electron chi connectivity index (χ2n) is 8.75. The summed E-state index contributed by atoms with van der Waals surface area (Å²) in [6.07, 6.45) is 1.42. The van der Waals surface area contributed by atoms with Crippen LogP contribution < -0.4 is 10.1 Å². The number of amides is 2. The normalized spacial score (nSPS) is 19.3. The molecule has 1 N–H and O–H groups in total. The lowest BCUT2D eigenvalue weighted by molar-refractivity contribution is -0.130. The molecule has 1 fully saturated rings. The van der Waals surface area contributed by atoms with Crippen molar-refractivity contribution in [3.63, 3.8) is 0 Å². The topological polar surface area (TPSA) is 84.7 Å². The van der Waals surface area contributed by atoms with E-state index in [2.05, 4.69) is 24.3 Å². The van der Waals surface area contributed by atoms with Gasteiger partial charge in [0.15, 0.2) is 11.5 Å². The summed E-state index contributed by atoms with van der Waals surface area (Å²) in [5, 5.41) is 7.10. The molecular weight excluding hydrogens is 382 g/mol. The first-order valence-electron chi connectivity index (χ1n) is 10.5. The highest BCUT2D eigenvalue weighted by Crippen LogP contribution is 2.26.